The zero-order valence-corrected chi connectivity index (χ0v) is 31.6. The summed E-state index contributed by atoms with van der Waals surface area (Å²) in [6, 6.07) is 19.4. The van der Waals surface area contributed by atoms with Crippen LogP contribution in [-0.2, 0) is 30.3 Å². The van der Waals surface area contributed by atoms with E-state index in [0.29, 0.717) is 43.6 Å². The number of hydrogen-bond acceptors (Lipinski definition) is 10. The van der Waals surface area contributed by atoms with Gasteiger partial charge in [0.25, 0.3) is 0 Å². The largest absolute Gasteiger partial charge is 0.456 e. The lowest BCUT2D eigenvalue weighted by Crippen LogP contribution is -2.61. The number of esters is 1. The van der Waals surface area contributed by atoms with E-state index in [4.69, 9.17) is 18.9 Å². The molecule has 0 saturated carbocycles. The van der Waals surface area contributed by atoms with E-state index in [9.17, 15) is 28.4 Å². The molecule has 0 bridgehead atoms. The van der Waals surface area contributed by atoms with E-state index in [1.807, 2.05) is 30.3 Å². The summed E-state index contributed by atoms with van der Waals surface area (Å²) in [5, 5.41) is 5.50. The summed E-state index contributed by atoms with van der Waals surface area (Å²) in [4.78, 5) is 69.1. The van der Waals surface area contributed by atoms with Crippen molar-refractivity contribution in [3.05, 3.63) is 101 Å². The number of ether oxygens (including phenoxy) is 4. The maximum Gasteiger partial charge on any atom is 0.411 e. The van der Waals surface area contributed by atoms with Crippen LogP contribution in [0.2, 0.25) is 0 Å². The number of hydrogen-bond donors (Lipinski definition) is 2. The number of anilines is 1. The van der Waals surface area contributed by atoms with Crippen molar-refractivity contribution in [2.45, 2.75) is 83.2 Å². The number of halogens is 1. The quantitative estimate of drug-likeness (QED) is 0.123. The van der Waals surface area contributed by atoms with Gasteiger partial charge in [0, 0.05) is 48.9 Å². The minimum Gasteiger partial charge on any atom is -0.456 e. The van der Waals surface area contributed by atoms with Gasteiger partial charge in [0.15, 0.2) is 12.4 Å². The maximum atomic E-state index is 14.2. The molecule has 294 valence electrons. The number of carbonyl (C=O) groups excluding carboxylic acids is 5. The lowest BCUT2D eigenvalue weighted by atomic mass is 9.80. The molecule has 55 heavy (non-hydrogen) atoms. The fourth-order valence-electron chi connectivity index (χ4n) is 6.84. The predicted molar refractivity (Wildman–Crippen MR) is 201 cm³/mol. The highest BCUT2D eigenvalue weighted by molar-refractivity contribution is 5.99. The second-order valence-electron chi connectivity index (χ2n) is 14.6. The molecule has 3 aromatic rings. The summed E-state index contributed by atoms with van der Waals surface area (Å²) in [5.41, 5.74) is 1.41. The first kappa shape index (κ1) is 40.7. The smallest absolute Gasteiger partial charge is 0.411 e. The average Bonchev–Trinajstić information content (AvgIpc) is 3.16. The van der Waals surface area contributed by atoms with E-state index in [2.05, 4.69) is 15.5 Å². The van der Waals surface area contributed by atoms with E-state index >= 15 is 0 Å². The number of alkyl carbamates (subject to hydrolysis) is 1. The van der Waals surface area contributed by atoms with E-state index in [1.54, 1.807) is 39.8 Å². The second kappa shape index (κ2) is 18.7. The lowest BCUT2D eigenvalue weighted by molar-refractivity contribution is -0.151. The fourth-order valence-corrected chi connectivity index (χ4v) is 6.84. The second-order valence-corrected chi connectivity index (χ2v) is 14.6. The van der Waals surface area contributed by atoms with E-state index in [1.165, 1.54) is 41.3 Å². The van der Waals surface area contributed by atoms with Crippen LogP contribution in [0.3, 0.4) is 0 Å². The molecule has 0 spiro atoms. The number of nitrogens with one attached hydrogen (secondary N) is 2. The Labute approximate surface area is 320 Å². The third-order valence-electron chi connectivity index (χ3n) is 9.47. The highest BCUT2D eigenvalue weighted by Crippen LogP contribution is 2.37. The van der Waals surface area contributed by atoms with Crippen molar-refractivity contribution >= 4 is 35.7 Å². The number of nitrogens with zero attached hydrogens (tertiary/aromatic N) is 2. The molecule has 2 aliphatic heterocycles. The summed E-state index contributed by atoms with van der Waals surface area (Å²) in [5.74, 6) is -2.40. The summed E-state index contributed by atoms with van der Waals surface area (Å²) in [6.45, 7) is 7.99. The van der Waals surface area contributed by atoms with Crippen LogP contribution in [0.5, 0.6) is 0 Å². The van der Waals surface area contributed by atoms with Crippen LogP contribution >= 0.6 is 0 Å². The number of likely N-dealkylation sites (tertiary alicyclic amines) is 2. The van der Waals surface area contributed by atoms with Gasteiger partial charge >= 0.3 is 24.2 Å². The highest BCUT2D eigenvalue weighted by Gasteiger charge is 2.47. The number of rotatable bonds is 11. The number of carbonyl (C=O) groups is 5. The standard InChI is InChI=1S/C41H49FN4O9/c1-5-52-38(49)43-31-17-13-29(14-18-31)35(47)26-53-37(48)36-34(28-11-15-30(42)16-12-28)23-33(24-46(36)40(51)54-25-27-9-7-6-8-10-27)45-21-19-32(20-22-45)44-39(50)55-41(2,3)4/h6-18,32-34,36H,5,19-26H2,1-4H3,(H,43,49)(H,44,50). The molecule has 3 amide bonds. The minimum absolute atomic E-state index is 0.0367. The number of piperidine rings is 2. The van der Waals surface area contributed by atoms with E-state index in [-0.39, 0.29) is 37.4 Å². The van der Waals surface area contributed by atoms with Crippen molar-refractivity contribution in [2.24, 2.45) is 0 Å². The Bertz CT molecular complexity index is 1780. The molecule has 0 radical (unpaired) electrons. The van der Waals surface area contributed by atoms with Crippen LogP contribution in [0, 0.1) is 5.82 Å². The molecular weight excluding hydrogens is 711 g/mol. The summed E-state index contributed by atoms with van der Waals surface area (Å²) >= 11 is 0. The average molecular weight is 761 g/mol. The number of amides is 3. The van der Waals surface area contributed by atoms with Gasteiger partial charge < -0.3 is 24.3 Å². The minimum atomic E-state index is -1.19. The Kier molecular flexibility index (Phi) is 13.8. The molecular formula is C41H49FN4O9. The molecule has 3 aromatic carbocycles. The van der Waals surface area contributed by atoms with Crippen molar-refractivity contribution in [2.75, 3.05) is 38.2 Å². The molecule has 2 fully saturated rings. The topological polar surface area (TPSA) is 153 Å². The molecule has 2 saturated heterocycles. The van der Waals surface area contributed by atoms with Gasteiger partial charge in [-0.25, -0.2) is 23.6 Å². The third-order valence-corrected chi connectivity index (χ3v) is 9.47. The van der Waals surface area contributed by atoms with Crippen LogP contribution in [0.15, 0.2) is 78.9 Å². The molecule has 0 aromatic heterocycles. The Morgan fingerprint density at radius 2 is 1.51 bits per heavy atom. The maximum absolute atomic E-state index is 14.2. The van der Waals surface area contributed by atoms with Crippen LogP contribution in [-0.4, -0.2) is 96.4 Å². The fraction of sp³-hybridized carbons (Fsp3) is 0.439. The number of Topliss-reactive ketones (excluding diaryl/α,β-unsaturated/α-hetero) is 1. The van der Waals surface area contributed by atoms with Gasteiger partial charge in [-0.1, -0.05) is 42.5 Å². The molecule has 5 rings (SSSR count). The van der Waals surface area contributed by atoms with Gasteiger partial charge in [-0.2, -0.15) is 0 Å². The van der Waals surface area contributed by atoms with E-state index < -0.39 is 60.0 Å². The zero-order chi connectivity index (χ0) is 39.5. The predicted octanol–water partition coefficient (Wildman–Crippen LogP) is 6.67. The zero-order valence-electron chi connectivity index (χ0n) is 31.6. The molecule has 0 aliphatic carbocycles. The van der Waals surface area contributed by atoms with Gasteiger partial charge in [-0.15, -0.1) is 0 Å². The van der Waals surface area contributed by atoms with Crippen LogP contribution in [0.1, 0.15) is 74.4 Å². The first-order valence-corrected chi connectivity index (χ1v) is 18.5. The van der Waals surface area contributed by atoms with Crippen LogP contribution in [0.25, 0.3) is 0 Å². The molecule has 13 nitrogen and oxygen atoms in total. The van der Waals surface area contributed by atoms with Crippen LogP contribution in [0.4, 0.5) is 24.5 Å². The van der Waals surface area contributed by atoms with Crippen LogP contribution < -0.4 is 10.6 Å². The summed E-state index contributed by atoms with van der Waals surface area (Å²) in [7, 11) is 0. The van der Waals surface area contributed by atoms with Crippen molar-refractivity contribution in [3.63, 3.8) is 0 Å². The monoisotopic (exact) mass is 760 g/mol. The normalized spacial score (nSPS) is 19.1. The first-order chi connectivity index (χ1) is 26.3. The number of ketones is 1. The Balaban J connectivity index is 1.35. The lowest BCUT2D eigenvalue weighted by Gasteiger charge is -2.47. The highest BCUT2D eigenvalue weighted by atomic mass is 19.1. The Morgan fingerprint density at radius 1 is 0.836 bits per heavy atom. The summed E-state index contributed by atoms with van der Waals surface area (Å²) < 4.78 is 35.9. The van der Waals surface area contributed by atoms with Crippen molar-refractivity contribution < 1.29 is 47.3 Å². The van der Waals surface area contributed by atoms with Gasteiger partial charge in [0.05, 0.1) is 6.61 Å². The van der Waals surface area contributed by atoms with Gasteiger partial charge in [0.1, 0.15) is 24.1 Å². The number of benzene rings is 3. The summed E-state index contributed by atoms with van der Waals surface area (Å²) in [6.07, 6.45) is -0.144. The molecule has 2 N–H and O–H groups in total. The van der Waals surface area contributed by atoms with Gasteiger partial charge in [-0.05, 0) is 94.5 Å². The molecule has 2 heterocycles. The van der Waals surface area contributed by atoms with Crippen molar-refractivity contribution in [3.8, 4) is 0 Å². The Hall–Kier alpha value is -5.50. The van der Waals surface area contributed by atoms with Gasteiger partial charge in [-0.3, -0.25) is 19.9 Å². The molecule has 2 aliphatic rings. The SMILES string of the molecule is CCOC(=O)Nc1ccc(C(=O)COC(=O)C2C(c3ccc(F)cc3)CC(N3CCC(NC(=O)OC(C)(C)C)CC3)CN2C(=O)OCc2ccccc2)cc1. The van der Waals surface area contributed by atoms with Crippen molar-refractivity contribution in [1.29, 1.82) is 0 Å². The van der Waals surface area contributed by atoms with Crippen molar-refractivity contribution in [1.82, 2.24) is 15.1 Å². The van der Waals surface area contributed by atoms with Gasteiger partial charge in [0.2, 0.25) is 0 Å². The first-order valence-electron chi connectivity index (χ1n) is 18.5. The van der Waals surface area contributed by atoms with E-state index in [0.717, 1.165) is 5.56 Å². The molecule has 14 heteroatoms. The molecule has 3 atom stereocenters. The third kappa shape index (κ3) is 11.7. The Morgan fingerprint density at radius 3 is 2.15 bits per heavy atom. The molecule has 3 unspecified atom stereocenters.